The van der Waals surface area contributed by atoms with E-state index in [1.165, 1.54) is 0 Å². The Hall–Kier alpha value is -3.31. The fourth-order valence-corrected chi connectivity index (χ4v) is 3.26. The van der Waals surface area contributed by atoms with Crippen LogP contribution in [0.15, 0.2) is 72.8 Å². The van der Waals surface area contributed by atoms with Gasteiger partial charge in [0.25, 0.3) is 0 Å². The van der Waals surface area contributed by atoms with E-state index in [1.54, 1.807) is 14.2 Å². The molecule has 3 rings (SSSR count). The lowest BCUT2D eigenvalue weighted by Crippen LogP contribution is -2.34. The molecule has 1 atom stereocenters. The third kappa shape index (κ3) is 5.61. The molecule has 5 heteroatoms. The molecule has 0 aliphatic carbocycles. The number of anilines is 1. The molecule has 0 saturated heterocycles. The number of benzene rings is 3. The third-order valence-corrected chi connectivity index (χ3v) is 4.92. The van der Waals surface area contributed by atoms with Crippen LogP contribution in [0.2, 0.25) is 0 Å². The summed E-state index contributed by atoms with van der Waals surface area (Å²) < 4.78 is 10.7. The molecule has 0 bridgehead atoms. The summed E-state index contributed by atoms with van der Waals surface area (Å²) in [5, 5.41) is 6.41. The predicted molar refractivity (Wildman–Crippen MR) is 120 cm³/mol. The molecule has 2 N–H and O–H groups in total. The average molecular weight is 405 g/mol. The van der Waals surface area contributed by atoms with Crippen LogP contribution in [0.25, 0.3) is 0 Å². The lowest BCUT2D eigenvalue weighted by atomic mass is 10.0. The van der Waals surface area contributed by atoms with Crippen molar-refractivity contribution in [1.29, 1.82) is 0 Å². The molecule has 156 valence electrons. The van der Waals surface area contributed by atoms with Crippen LogP contribution in [0.4, 0.5) is 5.69 Å². The first-order chi connectivity index (χ1) is 14.6. The lowest BCUT2D eigenvalue weighted by Gasteiger charge is -2.19. The van der Waals surface area contributed by atoms with Crippen molar-refractivity contribution < 1.29 is 14.3 Å². The summed E-state index contributed by atoms with van der Waals surface area (Å²) in [6.45, 7) is 2.66. The van der Waals surface area contributed by atoms with Gasteiger partial charge in [0.05, 0.1) is 14.2 Å². The first-order valence-electron chi connectivity index (χ1n) is 9.97. The van der Waals surface area contributed by atoms with Crippen LogP contribution in [-0.2, 0) is 11.2 Å². The fourth-order valence-electron chi connectivity index (χ4n) is 3.26. The van der Waals surface area contributed by atoms with Crippen LogP contribution < -0.4 is 20.1 Å². The largest absolute Gasteiger partial charge is 0.493 e. The van der Waals surface area contributed by atoms with E-state index in [4.69, 9.17) is 9.47 Å². The molecule has 30 heavy (non-hydrogen) atoms. The molecule has 1 amide bonds. The number of hydrogen-bond donors (Lipinski definition) is 2. The van der Waals surface area contributed by atoms with Gasteiger partial charge in [-0.1, -0.05) is 54.1 Å². The first kappa shape index (κ1) is 21.4. The topological polar surface area (TPSA) is 59.6 Å². The van der Waals surface area contributed by atoms with Crippen LogP contribution in [0.1, 0.15) is 22.7 Å². The quantitative estimate of drug-likeness (QED) is 0.550. The highest BCUT2D eigenvalue weighted by Crippen LogP contribution is 2.27. The molecule has 0 fully saturated rings. The second-order valence-corrected chi connectivity index (χ2v) is 7.09. The van der Waals surface area contributed by atoms with Crippen molar-refractivity contribution in [3.63, 3.8) is 0 Å². The molecule has 0 aromatic heterocycles. The summed E-state index contributed by atoms with van der Waals surface area (Å²) in [6.07, 6.45) is 0.751. The minimum Gasteiger partial charge on any atom is -0.493 e. The molecular formula is C25H28N2O3. The highest BCUT2D eigenvalue weighted by Gasteiger charge is 2.20. The Balaban J connectivity index is 1.69. The molecule has 0 heterocycles. The summed E-state index contributed by atoms with van der Waals surface area (Å²) in [5.41, 5.74) is 3.97. The Morgan fingerprint density at radius 1 is 0.900 bits per heavy atom. The number of aryl methyl sites for hydroxylation is 1. The Morgan fingerprint density at radius 3 is 2.27 bits per heavy atom. The zero-order valence-electron chi connectivity index (χ0n) is 17.6. The van der Waals surface area contributed by atoms with Gasteiger partial charge < -0.3 is 20.1 Å². The monoisotopic (exact) mass is 404 g/mol. The molecule has 0 unspecified atom stereocenters. The number of amides is 1. The van der Waals surface area contributed by atoms with Crippen molar-refractivity contribution in [2.24, 2.45) is 0 Å². The van der Waals surface area contributed by atoms with Gasteiger partial charge in [0, 0.05) is 12.2 Å². The number of nitrogens with one attached hydrogen (secondary N) is 2. The number of methoxy groups -OCH3 is 2. The maximum Gasteiger partial charge on any atom is 0.246 e. The molecule has 0 radical (unpaired) electrons. The van der Waals surface area contributed by atoms with Gasteiger partial charge in [0.15, 0.2) is 11.5 Å². The maximum atomic E-state index is 13.0. The summed E-state index contributed by atoms with van der Waals surface area (Å²) in [7, 11) is 3.25. The number of rotatable bonds is 9. The van der Waals surface area contributed by atoms with Crippen LogP contribution in [0, 0.1) is 6.92 Å². The van der Waals surface area contributed by atoms with Crippen molar-refractivity contribution in [2.75, 3.05) is 26.1 Å². The van der Waals surface area contributed by atoms with Crippen LogP contribution in [-0.4, -0.2) is 26.7 Å². The van der Waals surface area contributed by atoms with Crippen molar-refractivity contribution in [2.45, 2.75) is 19.4 Å². The summed E-state index contributed by atoms with van der Waals surface area (Å²) in [4.78, 5) is 13.0. The van der Waals surface area contributed by atoms with Gasteiger partial charge in [0.2, 0.25) is 5.91 Å². The minimum atomic E-state index is -0.451. The second kappa shape index (κ2) is 10.5. The van der Waals surface area contributed by atoms with Crippen molar-refractivity contribution in [3.8, 4) is 11.5 Å². The molecular weight excluding hydrogens is 376 g/mol. The summed E-state index contributed by atoms with van der Waals surface area (Å²) in [6, 6.07) is 23.0. The number of carbonyl (C=O) groups is 1. The zero-order chi connectivity index (χ0) is 21.3. The summed E-state index contributed by atoms with van der Waals surface area (Å²) in [5.74, 6) is 1.32. The van der Waals surface area contributed by atoms with E-state index < -0.39 is 6.04 Å². The van der Waals surface area contributed by atoms with E-state index >= 15 is 0 Å². The first-order valence-corrected chi connectivity index (χ1v) is 9.97. The van der Waals surface area contributed by atoms with Gasteiger partial charge >= 0.3 is 0 Å². The van der Waals surface area contributed by atoms with Crippen molar-refractivity contribution in [1.82, 2.24) is 5.32 Å². The van der Waals surface area contributed by atoms with E-state index in [2.05, 4.69) is 10.6 Å². The molecule has 3 aromatic carbocycles. The molecule has 0 saturated carbocycles. The van der Waals surface area contributed by atoms with Crippen LogP contribution in [0.5, 0.6) is 11.5 Å². The van der Waals surface area contributed by atoms with Crippen molar-refractivity contribution >= 4 is 11.6 Å². The van der Waals surface area contributed by atoms with Gasteiger partial charge in [-0.15, -0.1) is 0 Å². The van der Waals surface area contributed by atoms with Gasteiger partial charge in [-0.25, -0.2) is 0 Å². The highest BCUT2D eigenvalue weighted by molar-refractivity contribution is 5.95. The molecule has 3 aromatic rings. The molecule has 0 aliphatic rings. The minimum absolute atomic E-state index is 0.0858. The normalized spacial score (nSPS) is 11.6. The van der Waals surface area contributed by atoms with E-state index in [9.17, 15) is 4.79 Å². The SMILES string of the molecule is COc1ccc(CCN[C@@H](C(=O)Nc2ccc(C)cc2)c2ccccc2)cc1OC. The van der Waals surface area contributed by atoms with Gasteiger partial charge in [-0.05, 0) is 48.7 Å². The standard InChI is InChI=1S/C25H28N2O3/c1-18-9-12-21(13-10-18)27-25(28)24(20-7-5-4-6-8-20)26-16-15-19-11-14-22(29-2)23(17-19)30-3/h4-14,17,24,26H,15-16H2,1-3H3,(H,27,28)/t24-/m1/s1. The molecule has 0 aliphatic heterocycles. The molecule has 0 spiro atoms. The second-order valence-electron chi connectivity index (χ2n) is 7.09. The zero-order valence-corrected chi connectivity index (χ0v) is 17.6. The van der Waals surface area contributed by atoms with Gasteiger partial charge in [0.1, 0.15) is 6.04 Å². The van der Waals surface area contributed by atoms with Crippen molar-refractivity contribution in [3.05, 3.63) is 89.5 Å². The number of carbonyl (C=O) groups excluding carboxylic acids is 1. The lowest BCUT2D eigenvalue weighted by molar-refractivity contribution is -0.118. The van der Waals surface area contributed by atoms with E-state index in [1.807, 2.05) is 79.7 Å². The van der Waals surface area contributed by atoms with Crippen LogP contribution >= 0.6 is 0 Å². The Kier molecular flexibility index (Phi) is 7.46. The smallest absolute Gasteiger partial charge is 0.246 e. The van der Waals surface area contributed by atoms with Gasteiger partial charge in [-0.3, -0.25) is 4.79 Å². The Bertz CT molecular complexity index is 956. The van der Waals surface area contributed by atoms with E-state index in [0.29, 0.717) is 18.0 Å². The third-order valence-electron chi connectivity index (χ3n) is 4.92. The highest BCUT2D eigenvalue weighted by atomic mass is 16.5. The molecule has 5 nitrogen and oxygen atoms in total. The van der Waals surface area contributed by atoms with Gasteiger partial charge in [-0.2, -0.15) is 0 Å². The predicted octanol–water partition coefficient (Wildman–Crippen LogP) is 4.52. The fraction of sp³-hybridized carbons (Fsp3) is 0.240. The maximum absolute atomic E-state index is 13.0. The number of ether oxygens (including phenoxy) is 2. The van der Waals surface area contributed by atoms with E-state index in [0.717, 1.165) is 28.8 Å². The Labute approximate surface area is 178 Å². The number of hydrogen-bond acceptors (Lipinski definition) is 4. The Morgan fingerprint density at radius 2 is 1.60 bits per heavy atom. The summed E-state index contributed by atoms with van der Waals surface area (Å²) >= 11 is 0. The van der Waals surface area contributed by atoms with E-state index in [-0.39, 0.29) is 5.91 Å². The average Bonchev–Trinajstić information content (AvgIpc) is 2.78. The van der Waals surface area contributed by atoms with Crippen LogP contribution in [0.3, 0.4) is 0 Å².